The van der Waals surface area contributed by atoms with Crippen LogP contribution in [0, 0.1) is 0 Å². The Balaban J connectivity index is 1.47. The average Bonchev–Trinajstić information content (AvgIpc) is 3.59. The van der Waals surface area contributed by atoms with Crippen LogP contribution in [0.1, 0.15) is 38.2 Å². The number of ether oxygens (including phenoxy) is 1. The lowest BCUT2D eigenvalue weighted by Gasteiger charge is -2.23. The molecule has 0 bridgehead atoms. The predicted octanol–water partition coefficient (Wildman–Crippen LogP) is 2.85. The summed E-state index contributed by atoms with van der Waals surface area (Å²) < 4.78 is 5.57. The molecule has 1 aliphatic heterocycles. The summed E-state index contributed by atoms with van der Waals surface area (Å²) in [4.78, 5) is 29.5. The van der Waals surface area contributed by atoms with Gasteiger partial charge in [-0.05, 0) is 53.1 Å². The minimum absolute atomic E-state index is 0.0402. The summed E-state index contributed by atoms with van der Waals surface area (Å²) in [5.41, 5.74) is 1.81. The number of nitrogens with one attached hydrogen (secondary N) is 1. The third-order valence-electron chi connectivity index (χ3n) is 5.50. The van der Waals surface area contributed by atoms with Crippen LogP contribution in [0.2, 0.25) is 0 Å². The molecule has 1 aromatic carbocycles. The largest absolute Gasteiger partial charge is 0.376 e. The van der Waals surface area contributed by atoms with Crippen molar-refractivity contribution in [2.24, 2.45) is 0 Å². The summed E-state index contributed by atoms with van der Waals surface area (Å²) in [5, 5.41) is 17.2. The molecule has 0 saturated carbocycles. The molecule has 1 fully saturated rings. The molecular weight excluding hydrogens is 440 g/mol. The number of hydrogen-bond acceptors (Lipinski definition) is 7. The van der Waals surface area contributed by atoms with E-state index in [1.165, 1.54) is 21.0 Å². The second-order valence-corrected chi connectivity index (χ2v) is 9.23. The minimum Gasteiger partial charge on any atom is -0.376 e. The summed E-state index contributed by atoms with van der Waals surface area (Å²) in [6.07, 6.45) is 1.98. The van der Waals surface area contributed by atoms with E-state index in [2.05, 4.69) is 34.6 Å². The van der Waals surface area contributed by atoms with Crippen LogP contribution < -0.4 is 10.2 Å². The van der Waals surface area contributed by atoms with Crippen molar-refractivity contribution in [3.05, 3.63) is 47.3 Å². The molecular formula is C23H28N6O3S. The number of thiophene rings is 1. The van der Waals surface area contributed by atoms with Crippen LogP contribution in [0.5, 0.6) is 0 Å². The first-order valence-corrected chi connectivity index (χ1v) is 12.0. The molecule has 0 unspecified atom stereocenters. The van der Waals surface area contributed by atoms with Gasteiger partial charge in [0.2, 0.25) is 11.7 Å². The van der Waals surface area contributed by atoms with E-state index >= 15 is 0 Å². The van der Waals surface area contributed by atoms with Gasteiger partial charge >= 0.3 is 0 Å². The van der Waals surface area contributed by atoms with Crippen LogP contribution in [0.3, 0.4) is 0 Å². The molecule has 0 radical (unpaired) electrons. The number of anilines is 1. The second-order valence-electron chi connectivity index (χ2n) is 8.29. The summed E-state index contributed by atoms with van der Waals surface area (Å²) in [7, 11) is 0. The molecule has 174 valence electrons. The highest BCUT2D eigenvalue weighted by Gasteiger charge is 2.23. The van der Waals surface area contributed by atoms with Crippen molar-refractivity contribution in [2.45, 2.75) is 45.3 Å². The van der Waals surface area contributed by atoms with Gasteiger partial charge in [-0.2, -0.15) is 4.80 Å². The number of carbonyl (C=O) groups is 2. The summed E-state index contributed by atoms with van der Waals surface area (Å²) >= 11 is 1.50. The van der Waals surface area contributed by atoms with Gasteiger partial charge in [-0.1, -0.05) is 32.0 Å². The minimum atomic E-state index is -0.297. The number of carbonyl (C=O) groups excluding carboxylic acids is 2. The fourth-order valence-electron chi connectivity index (χ4n) is 3.62. The van der Waals surface area contributed by atoms with E-state index in [-0.39, 0.29) is 31.0 Å². The van der Waals surface area contributed by atoms with E-state index < -0.39 is 0 Å². The summed E-state index contributed by atoms with van der Waals surface area (Å²) in [5.74, 6) is 0.306. The first-order chi connectivity index (χ1) is 16.0. The quantitative estimate of drug-likeness (QED) is 0.518. The van der Waals surface area contributed by atoms with Crippen molar-refractivity contribution in [2.75, 3.05) is 24.6 Å². The zero-order chi connectivity index (χ0) is 23.2. The number of rotatable bonds is 9. The Kier molecular flexibility index (Phi) is 7.46. The highest BCUT2D eigenvalue weighted by molar-refractivity contribution is 7.13. The zero-order valence-corrected chi connectivity index (χ0v) is 19.6. The van der Waals surface area contributed by atoms with Crippen LogP contribution in [0.25, 0.3) is 10.7 Å². The Morgan fingerprint density at radius 3 is 2.76 bits per heavy atom. The fourth-order valence-corrected chi connectivity index (χ4v) is 4.26. The van der Waals surface area contributed by atoms with E-state index in [0.29, 0.717) is 24.0 Å². The van der Waals surface area contributed by atoms with Crippen molar-refractivity contribution in [1.29, 1.82) is 0 Å². The van der Waals surface area contributed by atoms with Gasteiger partial charge in [0.15, 0.2) is 0 Å². The molecule has 3 aromatic rings. The normalized spacial score (nSPS) is 15.7. The average molecular weight is 469 g/mol. The van der Waals surface area contributed by atoms with Gasteiger partial charge < -0.3 is 15.0 Å². The number of aromatic nitrogens is 4. The van der Waals surface area contributed by atoms with Crippen LogP contribution in [-0.2, 0) is 20.9 Å². The fraction of sp³-hybridized carbons (Fsp3) is 0.435. The van der Waals surface area contributed by atoms with E-state index in [9.17, 15) is 9.59 Å². The number of nitrogens with zero attached hydrogens (tertiary/aromatic N) is 5. The maximum absolute atomic E-state index is 13.2. The molecule has 3 heterocycles. The Bertz CT molecular complexity index is 1060. The molecule has 2 amide bonds. The molecule has 10 heteroatoms. The van der Waals surface area contributed by atoms with Gasteiger partial charge in [0.05, 0.1) is 11.0 Å². The first-order valence-electron chi connectivity index (χ1n) is 11.1. The van der Waals surface area contributed by atoms with Crippen LogP contribution in [0.4, 0.5) is 5.69 Å². The van der Waals surface area contributed by atoms with Gasteiger partial charge in [-0.15, -0.1) is 21.5 Å². The second kappa shape index (κ2) is 10.7. The highest BCUT2D eigenvalue weighted by atomic mass is 32.1. The Hall–Kier alpha value is -3.11. The SMILES string of the molecule is CC(C)c1ccc(N(CC(=O)NC[C@@H]2CCCO2)C(=O)Cn2nnc(-c3cccs3)n2)cc1. The number of amides is 2. The Morgan fingerprint density at radius 2 is 2.09 bits per heavy atom. The lowest BCUT2D eigenvalue weighted by molar-refractivity contribution is -0.124. The van der Waals surface area contributed by atoms with Crippen LogP contribution in [0.15, 0.2) is 41.8 Å². The van der Waals surface area contributed by atoms with Crippen molar-refractivity contribution in [3.63, 3.8) is 0 Å². The molecule has 1 N–H and O–H groups in total. The van der Waals surface area contributed by atoms with Crippen molar-refractivity contribution < 1.29 is 14.3 Å². The molecule has 33 heavy (non-hydrogen) atoms. The van der Waals surface area contributed by atoms with Gasteiger partial charge in [0, 0.05) is 18.8 Å². The van der Waals surface area contributed by atoms with Gasteiger partial charge in [-0.25, -0.2) is 0 Å². The zero-order valence-electron chi connectivity index (χ0n) is 18.8. The number of hydrogen-bond donors (Lipinski definition) is 1. The van der Waals surface area contributed by atoms with Gasteiger partial charge in [-0.3, -0.25) is 9.59 Å². The van der Waals surface area contributed by atoms with Crippen LogP contribution in [-0.4, -0.2) is 57.8 Å². The maximum Gasteiger partial charge on any atom is 0.251 e. The van der Waals surface area contributed by atoms with Gasteiger partial charge in [0.25, 0.3) is 5.91 Å². The third-order valence-corrected chi connectivity index (χ3v) is 6.36. The van der Waals surface area contributed by atoms with Crippen molar-refractivity contribution >= 4 is 28.8 Å². The summed E-state index contributed by atoms with van der Waals surface area (Å²) in [6.45, 7) is 5.17. The maximum atomic E-state index is 13.2. The monoisotopic (exact) mass is 468 g/mol. The molecule has 1 atom stereocenters. The molecule has 1 saturated heterocycles. The van der Waals surface area contributed by atoms with E-state index in [4.69, 9.17) is 4.74 Å². The predicted molar refractivity (Wildman–Crippen MR) is 126 cm³/mol. The molecule has 0 aliphatic carbocycles. The smallest absolute Gasteiger partial charge is 0.251 e. The third kappa shape index (κ3) is 6.02. The summed E-state index contributed by atoms with van der Waals surface area (Å²) in [6, 6.07) is 11.5. The van der Waals surface area contributed by atoms with Crippen LogP contribution >= 0.6 is 11.3 Å². The van der Waals surface area contributed by atoms with E-state index in [1.54, 1.807) is 0 Å². The molecule has 9 nitrogen and oxygen atoms in total. The lowest BCUT2D eigenvalue weighted by Crippen LogP contribution is -2.44. The van der Waals surface area contributed by atoms with E-state index in [0.717, 1.165) is 29.9 Å². The molecule has 4 rings (SSSR count). The number of tetrazole rings is 1. The highest BCUT2D eigenvalue weighted by Crippen LogP contribution is 2.22. The topological polar surface area (TPSA) is 102 Å². The molecule has 2 aromatic heterocycles. The number of benzene rings is 1. The standard InChI is InChI=1S/C23H28N6O3S/c1-16(2)17-7-9-18(10-8-17)28(14-21(30)24-13-19-5-3-11-32-19)22(31)15-29-26-23(25-27-29)20-6-4-12-33-20/h4,6-10,12,16,19H,3,5,11,13-15H2,1-2H3,(H,24,30)/t19-/m0/s1. The Labute approximate surface area is 196 Å². The van der Waals surface area contributed by atoms with Gasteiger partial charge in [0.1, 0.15) is 13.1 Å². The first kappa shape index (κ1) is 23.1. The van der Waals surface area contributed by atoms with E-state index in [1.807, 2.05) is 41.8 Å². The molecule has 1 aliphatic rings. The van der Waals surface area contributed by atoms with Crippen molar-refractivity contribution in [3.8, 4) is 10.7 Å². The van der Waals surface area contributed by atoms with Crippen molar-refractivity contribution in [1.82, 2.24) is 25.5 Å². The Morgan fingerprint density at radius 1 is 1.27 bits per heavy atom. The molecule has 0 spiro atoms. The lowest BCUT2D eigenvalue weighted by atomic mass is 10.0.